The zero-order valence-electron chi connectivity index (χ0n) is 22.7. The predicted octanol–water partition coefficient (Wildman–Crippen LogP) is 4.02. The van der Waals surface area contributed by atoms with Crippen LogP contribution in [-0.4, -0.2) is 81.2 Å². The number of nitrogens with zero attached hydrogens (tertiary/aromatic N) is 1. The lowest BCUT2D eigenvalue weighted by Crippen LogP contribution is -2.68. The van der Waals surface area contributed by atoms with Crippen molar-refractivity contribution in [1.29, 1.82) is 0 Å². The van der Waals surface area contributed by atoms with Crippen molar-refractivity contribution >= 4 is 23.3 Å². The molecule has 0 aromatic heterocycles. The summed E-state index contributed by atoms with van der Waals surface area (Å²) in [6, 6.07) is 0. The van der Waals surface area contributed by atoms with E-state index in [9.17, 15) is 25.0 Å². The summed E-state index contributed by atoms with van der Waals surface area (Å²) in [6.45, 7) is 3.11. The molecule has 3 fully saturated rings. The highest BCUT2D eigenvalue weighted by Gasteiger charge is 2.73. The summed E-state index contributed by atoms with van der Waals surface area (Å²) in [5.41, 5.74) is -3.57. The number of hydrogen-bond acceptors (Lipinski definition) is 7. The minimum Gasteiger partial charge on any atom is -0.390 e. The summed E-state index contributed by atoms with van der Waals surface area (Å²) >= 11 is 1.75. The summed E-state index contributed by atoms with van der Waals surface area (Å²) in [5, 5.41) is 33.8. The van der Waals surface area contributed by atoms with E-state index < -0.39 is 70.6 Å². The van der Waals surface area contributed by atoms with Crippen LogP contribution in [0.15, 0.2) is 47.6 Å². The fourth-order valence-corrected chi connectivity index (χ4v) is 9.30. The molecule has 0 amide bonds. The monoisotopic (exact) mass is 563 g/mol. The van der Waals surface area contributed by atoms with E-state index in [1.165, 1.54) is 17.2 Å². The van der Waals surface area contributed by atoms with Crippen LogP contribution in [0.5, 0.6) is 0 Å². The van der Waals surface area contributed by atoms with Gasteiger partial charge in [0.05, 0.1) is 6.10 Å². The Balaban J connectivity index is 1.45. The van der Waals surface area contributed by atoms with Gasteiger partial charge in [-0.05, 0) is 79.4 Å². The number of thioether (sulfide) groups is 1. The van der Waals surface area contributed by atoms with E-state index in [1.807, 2.05) is 19.3 Å². The zero-order chi connectivity index (χ0) is 28.3. The molecule has 5 aliphatic carbocycles. The molecule has 5 aliphatic rings. The number of ketones is 2. The maximum absolute atomic E-state index is 17.4. The van der Waals surface area contributed by atoms with Crippen molar-refractivity contribution < 1.29 is 33.8 Å². The minimum absolute atomic E-state index is 0.0332. The van der Waals surface area contributed by atoms with Crippen LogP contribution < -0.4 is 0 Å². The lowest BCUT2D eigenvalue weighted by atomic mass is 9.45. The molecular weight excluding hydrogens is 524 g/mol. The number of rotatable bonds is 7. The van der Waals surface area contributed by atoms with Gasteiger partial charge < -0.3 is 15.4 Å². The summed E-state index contributed by atoms with van der Waals surface area (Å²) in [5.74, 6) is -3.28. The highest BCUT2D eigenvalue weighted by atomic mass is 32.2. The Kier molecular flexibility index (Phi) is 7.64. The van der Waals surface area contributed by atoms with Gasteiger partial charge in [-0.15, -0.1) is 0 Å². The number of fused-ring (bicyclic) bond motifs is 5. The van der Waals surface area contributed by atoms with E-state index in [0.29, 0.717) is 11.7 Å². The number of halogens is 2. The van der Waals surface area contributed by atoms with Crippen LogP contribution in [-0.2, 0) is 9.59 Å². The molecule has 0 aromatic rings. The van der Waals surface area contributed by atoms with E-state index in [0.717, 1.165) is 18.1 Å². The fraction of sp³-hybridized carbons (Fsp3) is 0.667. The molecule has 39 heavy (non-hydrogen) atoms. The lowest BCUT2D eigenvalue weighted by Gasteiger charge is -2.62. The van der Waals surface area contributed by atoms with Gasteiger partial charge in [-0.2, -0.15) is 16.8 Å². The summed E-state index contributed by atoms with van der Waals surface area (Å²) in [4.78, 5) is 25.2. The van der Waals surface area contributed by atoms with Gasteiger partial charge in [0.15, 0.2) is 17.2 Å². The number of carbonyl (C=O) groups is 2. The molecule has 0 bridgehead atoms. The van der Waals surface area contributed by atoms with Gasteiger partial charge in [-0.3, -0.25) is 9.59 Å². The number of allylic oxidation sites excluding steroid dienone is 5. The van der Waals surface area contributed by atoms with E-state index in [1.54, 1.807) is 18.7 Å². The van der Waals surface area contributed by atoms with Gasteiger partial charge in [0, 0.05) is 35.6 Å². The van der Waals surface area contributed by atoms with Crippen molar-refractivity contribution in [1.82, 2.24) is 5.06 Å². The fourth-order valence-electron chi connectivity index (χ4n) is 8.78. The molecule has 0 saturated heterocycles. The molecule has 0 spiro atoms. The quantitative estimate of drug-likeness (QED) is 0.403. The van der Waals surface area contributed by atoms with Crippen LogP contribution >= 0.6 is 11.8 Å². The first-order valence-electron chi connectivity index (χ1n) is 13.8. The summed E-state index contributed by atoms with van der Waals surface area (Å²) in [7, 11) is 0. The molecule has 3 saturated carbocycles. The van der Waals surface area contributed by atoms with Crippen molar-refractivity contribution in [3.8, 4) is 0 Å². The third-order valence-corrected chi connectivity index (χ3v) is 11.5. The van der Waals surface area contributed by atoms with Crippen LogP contribution in [0.4, 0.5) is 8.78 Å². The smallest absolute Gasteiger partial charge is 0.178 e. The topological polar surface area (TPSA) is 98.1 Å². The third kappa shape index (κ3) is 4.43. The minimum atomic E-state index is -2.23. The van der Waals surface area contributed by atoms with Crippen molar-refractivity contribution in [2.24, 2.45) is 34.5 Å². The molecule has 214 valence electrons. The Bertz CT molecular complexity index is 1150. The first-order chi connectivity index (χ1) is 18.4. The molecule has 0 radical (unpaired) electrons. The molecule has 6 nitrogen and oxygen atoms in total. The van der Waals surface area contributed by atoms with Crippen LogP contribution in [0.25, 0.3) is 0 Å². The molecule has 10 atom stereocenters. The maximum Gasteiger partial charge on any atom is 0.178 e. The largest absolute Gasteiger partial charge is 0.390 e. The van der Waals surface area contributed by atoms with Crippen LogP contribution in [0.3, 0.4) is 0 Å². The second-order valence-electron chi connectivity index (χ2n) is 12.5. The van der Waals surface area contributed by atoms with E-state index in [2.05, 4.69) is 12.2 Å². The average molecular weight is 564 g/mol. The molecule has 0 aromatic carbocycles. The Morgan fingerprint density at radius 1 is 1.23 bits per heavy atom. The molecule has 9 heteroatoms. The Morgan fingerprint density at radius 2 is 1.97 bits per heavy atom. The Hall–Kier alpha value is -1.65. The number of carbonyl (C=O) groups excluding carboxylic acids is 2. The predicted molar refractivity (Wildman–Crippen MR) is 146 cm³/mol. The van der Waals surface area contributed by atoms with Crippen molar-refractivity contribution in [2.45, 2.75) is 62.7 Å². The number of Topliss-reactive ketones (excluding diaryl/α,β-unsaturated/α-hetero) is 1. The third-order valence-electron chi connectivity index (χ3n) is 10.6. The second-order valence-corrected chi connectivity index (χ2v) is 13.6. The van der Waals surface area contributed by atoms with Crippen LogP contribution in [0.2, 0.25) is 0 Å². The number of alkyl halides is 2. The van der Waals surface area contributed by atoms with Crippen LogP contribution in [0, 0.1) is 34.5 Å². The van der Waals surface area contributed by atoms with Gasteiger partial charge in [-0.25, -0.2) is 8.78 Å². The van der Waals surface area contributed by atoms with Crippen molar-refractivity contribution in [2.75, 3.05) is 26.0 Å². The zero-order valence-corrected chi connectivity index (χ0v) is 23.5. The van der Waals surface area contributed by atoms with E-state index in [4.69, 9.17) is 0 Å². The average Bonchev–Trinajstić information content (AvgIpc) is 3.18. The first-order valence-corrected chi connectivity index (χ1v) is 15.1. The number of hydroxylamine groups is 2. The molecular formula is C30H39F2NO5S. The Labute approximate surface area is 232 Å². The maximum atomic E-state index is 17.4. The standard InChI is InChI=1S/C30H39F2NO5S/c1-28-13-26(37)30(32)22(12-24(31)23-11-19(35)8-9-29(23,30)2)21(28)10-18(27(28)25(36)16-34)15-33(38)14-17-4-6-20(39-3)7-5-17/h4-6,8-9,11,18,20-22,24,26-27,34,37-38H,7,10,12-16H2,1-3H3. The Morgan fingerprint density at radius 3 is 2.62 bits per heavy atom. The van der Waals surface area contributed by atoms with Gasteiger partial charge in [0.25, 0.3) is 0 Å². The van der Waals surface area contributed by atoms with Crippen molar-refractivity contribution in [3.63, 3.8) is 0 Å². The second kappa shape index (κ2) is 10.3. The highest BCUT2D eigenvalue weighted by Crippen LogP contribution is 2.70. The first kappa shape index (κ1) is 28.9. The highest BCUT2D eigenvalue weighted by molar-refractivity contribution is 7.99. The normalized spacial score (nSPS) is 44.9. The molecule has 0 aliphatic heterocycles. The lowest BCUT2D eigenvalue weighted by molar-refractivity contribution is -0.202. The van der Waals surface area contributed by atoms with Gasteiger partial charge in [0.2, 0.25) is 0 Å². The molecule has 3 N–H and O–H groups in total. The summed E-state index contributed by atoms with van der Waals surface area (Å²) in [6.07, 6.45) is 9.99. The summed E-state index contributed by atoms with van der Waals surface area (Å²) < 4.78 is 33.0. The van der Waals surface area contributed by atoms with E-state index in [-0.39, 0.29) is 31.5 Å². The van der Waals surface area contributed by atoms with Crippen LogP contribution in [0.1, 0.15) is 39.5 Å². The number of aliphatic hydroxyl groups is 2. The SMILES string of the molecule is CSC1C=CC(CN(O)CC2CC3C4CC(F)C5=CC(=O)C=CC5(C)C4(F)C(O)CC3(C)C2C(=O)CO)=CC1. The molecule has 0 heterocycles. The van der Waals surface area contributed by atoms with Gasteiger partial charge in [0.1, 0.15) is 12.8 Å². The molecule has 5 rings (SSSR count). The van der Waals surface area contributed by atoms with Gasteiger partial charge >= 0.3 is 0 Å². The molecule has 10 unspecified atom stereocenters. The van der Waals surface area contributed by atoms with Gasteiger partial charge in [-0.1, -0.05) is 31.2 Å². The number of aliphatic hydroxyl groups excluding tert-OH is 2. The van der Waals surface area contributed by atoms with E-state index >= 15 is 8.78 Å². The number of hydrogen-bond donors (Lipinski definition) is 3. The van der Waals surface area contributed by atoms with Crippen molar-refractivity contribution in [3.05, 3.63) is 47.6 Å².